The van der Waals surface area contributed by atoms with Gasteiger partial charge in [-0.25, -0.2) is 5.10 Å². The van der Waals surface area contributed by atoms with Crippen molar-refractivity contribution in [1.82, 2.24) is 14.8 Å². The number of anilines is 1. The smallest absolute Gasteiger partial charge is 0.225 e. The van der Waals surface area contributed by atoms with Crippen molar-refractivity contribution in [3.05, 3.63) is 4.77 Å². The van der Waals surface area contributed by atoms with Crippen LogP contribution >= 0.6 is 12.2 Å². The minimum Gasteiger partial charge on any atom is -0.384 e. The number of rotatable bonds is 3. The molecule has 1 fully saturated rings. The molecule has 1 aromatic rings. The molecule has 0 aliphatic carbocycles. The van der Waals surface area contributed by atoms with Crippen LogP contribution in [0.15, 0.2) is 0 Å². The number of nitrogens with zero attached hydrogens (tertiary/aromatic N) is 3. The molecule has 6 heteroatoms. The van der Waals surface area contributed by atoms with Crippen molar-refractivity contribution < 1.29 is 4.74 Å². The summed E-state index contributed by atoms with van der Waals surface area (Å²) in [5.74, 6) is 1.63. The first-order valence-corrected chi connectivity index (χ1v) is 5.98. The predicted octanol–water partition coefficient (Wildman–Crippen LogP) is 1.34. The Morgan fingerprint density at radius 3 is 2.69 bits per heavy atom. The average molecular weight is 242 g/mol. The molecule has 1 aliphatic heterocycles. The Bertz CT molecular complexity index is 392. The summed E-state index contributed by atoms with van der Waals surface area (Å²) in [7, 11) is 3.71. The van der Waals surface area contributed by atoms with Gasteiger partial charge in [0.05, 0.1) is 0 Å². The van der Waals surface area contributed by atoms with Crippen molar-refractivity contribution in [3.63, 3.8) is 0 Å². The Morgan fingerprint density at radius 2 is 2.19 bits per heavy atom. The first kappa shape index (κ1) is 11.6. The van der Waals surface area contributed by atoms with Crippen LogP contribution in [0, 0.1) is 10.7 Å². The van der Waals surface area contributed by atoms with E-state index in [0.717, 1.165) is 38.5 Å². The van der Waals surface area contributed by atoms with Crippen LogP contribution in [0.3, 0.4) is 0 Å². The van der Waals surface area contributed by atoms with E-state index in [4.69, 9.17) is 17.0 Å². The van der Waals surface area contributed by atoms with E-state index in [1.165, 1.54) is 0 Å². The highest BCUT2D eigenvalue weighted by Gasteiger charge is 2.21. The Morgan fingerprint density at radius 1 is 1.50 bits per heavy atom. The van der Waals surface area contributed by atoms with Gasteiger partial charge >= 0.3 is 0 Å². The van der Waals surface area contributed by atoms with E-state index in [-0.39, 0.29) is 0 Å². The van der Waals surface area contributed by atoms with Gasteiger partial charge in [-0.05, 0) is 31.0 Å². The monoisotopic (exact) mass is 242 g/mol. The van der Waals surface area contributed by atoms with Crippen LogP contribution < -0.4 is 4.90 Å². The average Bonchev–Trinajstić information content (AvgIpc) is 2.62. The molecule has 90 valence electrons. The van der Waals surface area contributed by atoms with Crippen LogP contribution in [-0.4, -0.2) is 41.6 Å². The molecule has 0 unspecified atom stereocenters. The zero-order chi connectivity index (χ0) is 11.5. The molecule has 1 saturated heterocycles. The molecule has 2 rings (SSSR count). The van der Waals surface area contributed by atoms with E-state index in [2.05, 4.69) is 15.1 Å². The molecule has 1 N–H and O–H groups in total. The SMILES string of the molecule is COCC1CCN(c2n[nH]c(=S)n2C)CC1. The maximum Gasteiger partial charge on any atom is 0.225 e. The summed E-state index contributed by atoms with van der Waals surface area (Å²) in [5, 5.41) is 7.07. The Balaban J connectivity index is 1.99. The fourth-order valence-corrected chi connectivity index (χ4v) is 2.28. The van der Waals surface area contributed by atoms with Gasteiger partial charge in [-0.3, -0.25) is 4.57 Å². The second-order valence-corrected chi connectivity index (χ2v) is 4.66. The first-order chi connectivity index (χ1) is 7.72. The molecule has 2 heterocycles. The summed E-state index contributed by atoms with van der Waals surface area (Å²) in [5.41, 5.74) is 0. The second kappa shape index (κ2) is 4.97. The van der Waals surface area contributed by atoms with Crippen molar-refractivity contribution in [2.45, 2.75) is 12.8 Å². The van der Waals surface area contributed by atoms with Gasteiger partial charge in [-0.1, -0.05) is 0 Å². The number of ether oxygens (including phenoxy) is 1. The zero-order valence-corrected chi connectivity index (χ0v) is 10.6. The zero-order valence-electron chi connectivity index (χ0n) is 9.77. The molecule has 1 aliphatic rings. The largest absolute Gasteiger partial charge is 0.384 e. The molecular formula is C10H18N4OS. The standard InChI is InChI=1S/C10H18N4OS/c1-13-9(11-12-10(13)16)14-5-3-8(4-6-14)7-15-2/h8H,3-7H2,1-2H3,(H,12,16). The third-order valence-electron chi connectivity index (χ3n) is 3.16. The van der Waals surface area contributed by atoms with Crippen LogP contribution in [0.5, 0.6) is 0 Å². The minimum absolute atomic E-state index is 0.675. The maximum absolute atomic E-state index is 5.19. The first-order valence-electron chi connectivity index (χ1n) is 5.57. The van der Waals surface area contributed by atoms with Crippen molar-refractivity contribution in [3.8, 4) is 0 Å². The summed E-state index contributed by atoms with van der Waals surface area (Å²) < 4.78 is 7.79. The van der Waals surface area contributed by atoms with Gasteiger partial charge in [-0.15, -0.1) is 5.10 Å². The fourth-order valence-electron chi connectivity index (χ4n) is 2.16. The Labute approximate surface area is 100 Å². The number of H-pyrrole nitrogens is 1. The van der Waals surface area contributed by atoms with Crippen LogP contribution in [0.2, 0.25) is 0 Å². The van der Waals surface area contributed by atoms with Gasteiger partial charge in [0, 0.05) is 33.9 Å². The highest BCUT2D eigenvalue weighted by atomic mass is 32.1. The summed E-state index contributed by atoms with van der Waals surface area (Å²) in [4.78, 5) is 2.28. The summed E-state index contributed by atoms with van der Waals surface area (Å²) >= 11 is 5.11. The third kappa shape index (κ3) is 2.27. The maximum atomic E-state index is 5.19. The van der Waals surface area contributed by atoms with E-state index in [9.17, 15) is 0 Å². The fraction of sp³-hybridized carbons (Fsp3) is 0.800. The molecule has 0 bridgehead atoms. The van der Waals surface area contributed by atoms with Gasteiger partial charge in [0.25, 0.3) is 0 Å². The topological polar surface area (TPSA) is 46.1 Å². The van der Waals surface area contributed by atoms with E-state index >= 15 is 0 Å². The molecule has 0 radical (unpaired) electrons. The minimum atomic E-state index is 0.675. The van der Waals surface area contributed by atoms with E-state index in [1.54, 1.807) is 7.11 Å². The van der Waals surface area contributed by atoms with E-state index in [0.29, 0.717) is 10.7 Å². The summed E-state index contributed by atoms with van der Waals surface area (Å²) in [6.45, 7) is 2.93. The van der Waals surface area contributed by atoms with Gasteiger partial charge < -0.3 is 9.64 Å². The third-order valence-corrected chi connectivity index (χ3v) is 3.52. The highest BCUT2D eigenvalue weighted by molar-refractivity contribution is 7.71. The lowest BCUT2D eigenvalue weighted by Crippen LogP contribution is -2.36. The number of nitrogens with one attached hydrogen (secondary N) is 1. The van der Waals surface area contributed by atoms with Crippen molar-refractivity contribution in [2.75, 3.05) is 31.7 Å². The van der Waals surface area contributed by atoms with Crippen molar-refractivity contribution in [2.24, 2.45) is 13.0 Å². The van der Waals surface area contributed by atoms with E-state index < -0.39 is 0 Å². The molecule has 16 heavy (non-hydrogen) atoms. The number of piperidine rings is 1. The number of aromatic nitrogens is 3. The molecule has 0 aromatic carbocycles. The molecule has 0 atom stereocenters. The highest BCUT2D eigenvalue weighted by Crippen LogP contribution is 2.21. The van der Waals surface area contributed by atoms with Crippen LogP contribution in [0.1, 0.15) is 12.8 Å². The van der Waals surface area contributed by atoms with Gasteiger partial charge in [0.1, 0.15) is 0 Å². The number of hydrogen-bond donors (Lipinski definition) is 1. The lowest BCUT2D eigenvalue weighted by atomic mass is 9.98. The second-order valence-electron chi connectivity index (χ2n) is 4.27. The number of methoxy groups -OCH3 is 1. The molecule has 0 amide bonds. The molecule has 0 saturated carbocycles. The lowest BCUT2D eigenvalue weighted by Gasteiger charge is -2.31. The summed E-state index contributed by atoms with van der Waals surface area (Å²) in [6, 6.07) is 0. The normalized spacial score (nSPS) is 18.0. The summed E-state index contributed by atoms with van der Waals surface area (Å²) in [6.07, 6.45) is 2.32. The van der Waals surface area contributed by atoms with Crippen molar-refractivity contribution >= 4 is 18.2 Å². The van der Waals surface area contributed by atoms with Crippen molar-refractivity contribution in [1.29, 1.82) is 0 Å². The van der Waals surface area contributed by atoms with Gasteiger partial charge in [0.15, 0.2) is 4.77 Å². The molecule has 5 nitrogen and oxygen atoms in total. The molecular weight excluding hydrogens is 224 g/mol. The molecule has 0 spiro atoms. The Kier molecular flexibility index (Phi) is 3.60. The van der Waals surface area contributed by atoms with Gasteiger partial charge in [-0.2, -0.15) is 0 Å². The number of hydrogen-bond acceptors (Lipinski definition) is 4. The van der Waals surface area contributed by atoms with Crippen LogP contribution in [-0.2, 0) is 11.8 Å². The lowest BCUT2D eigenvalue weighted by molar-refractivity contribution is 0.138. The Hall–Kier alpha value is -0.880. The van der Waals surface area contributed by atoms with Gasteiger partial charge in [0.2, 0.25) is 5.95 Å². The van der Waals surface area contributed by atoms with Crippen LogP contribution in [0.4, 0.5) is 5.95 Å². The van der Waals surface area contributed by atoms with E-state index in [1.807, 2.05) is 11.6 Å². The van der Waals surface area contributed by atoms with Crippen LogP contribution in [0.25, 0.3) is 0 Å². The number of aromatic amines is 1. The predicted molar refractivity (Wildman–Crippen MR) is 65.2 cm³/mol. The molecule has 1 aromatic heterocycles. The quantitative estimate of drug-likeness (QED) is 0.813.